The normalized spacial score (nSPS) is 12.3. The second-order valence-corrected chi connectivity index (χ2v) is 4.22. The van der Waals surface area contributed by atoms with Crippen molar-refractivity contribution in [1.29, 1.82) is 0 Å². The van der Waals surface area contributed by atoms with Gasteiger partial charge in [-0.15, -0.1) is 0 Å². The fourth-order valence-electron chi connectivity index (χ4n) is 1.66. The number of aromatic nitrogens is 2. The smallest absolute Gasteiger partial charge is 0.296 e. The molecule has 116 valence electrons. The molecule has 1 aromatic heterocycles. The lowest BCUT2D eigenvalue weighted by Gasteiger charge is -2.13. The van der Waals surface area contributed by atoms with E-state index in [2.05, 4.69) is 9.97 Å². The Morgan fingerprint density at radius 3 is 1.91 bits per heavy atom. The Hall–Kier alpha value is -2.45. The van der Waals surface area contributed by atoms with E-state index >= 15 is 0 Å². The molecule has 2 rings (SSSR count). The molecule has 2 aromatic rings. The minimum absolute atomic E-state index is 0.00702. The molecule has 0 aliphatic rings. The SMILES string of the molecule is O=Cc1ccnc(-c2cc(C(F)(F)F)cc(C(F)(F)F)c2)n1. The van der Waals surface area contributed by atoms with E-state index in [0.717, 1.165) is 6.20 Å². The molecule has 0 amide bonds. The van der Waals surface area contributed by atoms with E-state index in [1.165, 1.54) is 6.07 Å². The van der Waals surface area contributed by atoms with Crippen LogP contribution < -0.4 is 0 Å². The molecule has 0 spiro atoms. The molecule has 0 N–H and O–H groups in total. The Bertz CT molecular complexity index is 676. The number of halogens is 6. The highest BCUT2D eigenvalue weighted by atomic mass is 19.4. The number of carbonyl (C=O) groups is 1. The van der Waals surface area contributed by atoms with Crippen LogP contribution in [0.15, 0.2) is 30.5 Å². The van der Waals surface area contributed by atoms with Crippen LogP contribution in [-0.2, 0) is 12.4 Å². The van der Waals surface area contributed by atoms with Gasteiger partial charge in [-0.05, 0) is 24.3 Å². The van der Waals surface area contributed by atoms with Crippen molar-refractivity contribution in [3.8, 4) is 11.4 Å². The molecule has 22 heavy (non-hydrogen) atoms. The van der Waals surface area contributed by atoms with Crippen LogP contribution in [0.2, 0.25) is 0 Å². The van der Waals surface area contributed by atoms with Gasteiger partial charge in [-0.2, -0.15) is 26.3 Å². The standard InChI is InChI=1S/C13H6F6N2O/c14-12(15,16)8-3-7(4-9(5-8)13(17,18)19)11-20-2-1-10(6-22)21-11/h1-6H. The third kappa shape index (κ3) is 3.41. The highest BCUT2D eigenvalue weighted by Gasteiger charge is 2.37. The van der Waals surface area contributed by atoms with Crippen molar-refractivity contribution in [2.45, 2.75) is 12.4 Å². The van der Waals surface area contributed by atoms with E-state index in [1.807, 2.05) is 0 Å². The van der Waals surface area contributed by atoms with E-state index in [-0.39, 0.29) is 11.8 Å². The van der Waals surface area contributed by atoms with Gasteiger partial charge in [0.15, 0.2) is 12.1 Å². The van der Waals surface area contributed by atoms with E-state index in [4.69, 9.17) is 0 Å². The third-order valence-corrected chi connectivity index (χ3v) is 2.64. The fraction of sp³-hybridized carbons (Fsp3) is 0.154. The van der Waals surface area contributed by atoms with Gasteiger partial charge in [0.25, 0.3) is 0 Å². The zero-order valence-electron chi connectivity index (χ0n) is 10.5. The van der Waals surface area contributed by atoms with Gasteiger partial charge in [-0.1, -0.05) is 0 Å². The molecule has 0 radical (unpaired) electrons. The topological polar surface area (TPSA) is 42.9 Å². The molecule has 0 bridgehead atoms. The first-order valence-electron chi connectivity index (χ1n) is 5.69. The summed E-state index contributed by atoms with van der Waals surface area (Å²) in [7, 11) is 0. The summed E-state index contributed by atoms with van der Waals surface area (Å²) in [6.07, 6.45) is -8.54. The number of alkyl halides is 6. The van der Waals surface area contributed by atoms with E-state index in [0.29, 0.717) is 18.4 Å². The zero-order chi connectivity index (χ0) is 16.5. The number of benzene rings is 1. The molecule has 0 atom stereocenters. The fourth-order valence-corrected chi connectivity index (χ4v) is 1.66. The molecular formula is C13H6F6N2O. The van der Waals surface area contributed by atoms with Crippen molar-refractivity contribution in [1.82, 2.24) is 9.97 Å². The Kier molecular flexibility index (Phi) is 3.90. The Labute approximate surface area is 119 Å². The molecular weight excluding hydrogens is 314 g/mol. The van der Waals surface area contributed by atoms with Crippen LogP contribution >= 0.6 is 0 Å². The number of hydrogen-bond donors (Lipinski definition) is 0. The Balaban J connectivity index is 2.67. The van der Waals surface area contributed by atoms with Gasteiger partial charge in [0.05, 0.1) is 11.1 Å². The second kappa shape index (κ2) is 5.39. The summed E-state index contributed by atoms with van der Waals surface area (Å²) in [5, 5.41) is 0. The summed E-state index contributed by atoms with van der Waals surface area (Å²) >= 11 is 0. The average Bonchev–Trinajstić information content (AvgIpc) is 2.45. The van der Waals surface area contributed by atoms with E-state index in [1.54, 1.807) is 0 Å². The summed E-state index contributed by atoms with van der Waals surface area (Å²) < 4.78 is 76.4. The lowest BCUT2D eigenvalue weighted by atomic mass is 10.0. The van der Waals surface area contributed by atoms with Crippen molar-refractivity contribution in [3.05, 3.63) is 47.3 Å². The predicted octanol–water partition coefficient (Wildman–Crippen LogP) is 3.99. The lowest BCUT2D eigenvalue weighted by Crippen LogP contribution is -2.11. The van der Waals surface area contributed by atoms with Gasteiger partial charge in [0, 0.05) is 11.8 Å². The lowest BCUT2D eigenvalue weighted by molar-refractivity contribution is -0.143. The van der Waals surface area contributed by atoms with Crippen molar-refractivity contribution in [2.24, 2.45) is 0 Å². The molecule has 0 unspecified atom stereocenters. The first-order chi connectivity index (χ1) is 10.1. The Morgan fingerprint density at radius 1 is 0.909 bits per heavy atom. The van der Waals surface area contributed by atoms with E-state index in [9.17, 15) is 31.1 Å². The third-order valence-electron chi connectivity index (χ3n) is 2.64. The molecule has 0 fully saturated rings. The largest absolute Gasteiger partial charge is 0.416 e. The van der Waals surface area contributed by atoms with Gasteiger partial charge in [0.2, 0.25) is 0 Å². The number of carbonyl (C=O) groups excluding carboxylic acids is 1. The summed E-state index contributed by atoms with van der Waals surface area (Å²) in [4.78, 5) is 17.8. The van der Waals surface area contributed by atoms with Crippen LogP contribution in [0.25, 0.3) is 11.4 Å². The first kappa shape index (κ1) is 15.9. The van der Waals surface area contributed by atoms with Gasteiger partial charge in [-0.3, -0.25) is 4.79 Å². The summed E-state index contributed by atoms with van der Waals surface area (Å²) in [6.45, 7) is 0. The van der Waals surface area contributed by atoms with E-state index < -0.39 is 34.9 Å². The monoisotopic (exact) mass is 320 g/mol. The maximum atomic E-state index is 12.7. The van der Waals surface area contributed by atoms with Crippen molar-refractivity contribution < 1.29 is 31.1 Å². The predicted molar refractivity (Wildman–Crippen MR) is 62.9 cm³/mol. The summed E-state index contributed by atoms with van der Waals surface area (Å²) in [6, 6.07) is 2.18. The van der Waals surface area contributed by atoms with Crippen molar-refractivity contribution in [2.75, 3.05) is 0 Å². The van der Waals surface area contributed by atoms with Crippen LogP contribution in [0.3, 0.4) is 0 Å². The van der Waals surface area contributed by atoms with Crippen LogP contribution in [0.5, 0.6) is 0 Å². The number of aldehydes is 1. The van der Waals surface area contributed by atoms with Crippen LogP contribution in [0.4, 0.5) is 26.3 Å². The van der Waals surface area contributed by atoms with Crippen molar-refractivity contribution >= 4 is 6.29 Å². The highest BCUT2D eigenvalue weighted by molar-refractivity contribution is 5.73. The maximum absolute atomic E-state index is 12.7. The minimum Gasteiger partial charge on any atom is -0.296 e. The van der Waals surface area contributed by atoms with Gasteiger partial charge < -0.3 is 0 Å². The van der Waals surface area contributed by atoms with Gasteiger partial charge >= 0.3 is 12.4 Å². The summed E-state index contributed by atoms with van der Waals surface area (Å²) in [5.74, 6) is -0.402. The molecule has 0 saturated carbocycles. The molecule has 1 heterocycles. The molecule has 3 nitrogen and oxygen atoms in total. The van der Waals surface area contributed by atoms with Gasteiger partial charge in [-0.25, -0.2) is 9.97 Å². The molecule has 0 aliphatic heterocycles. The molecule has 0 aliphatic carbocycles. The molecule has 9 heteroatoms. The number of nitrogens with zero attached hydrogens (tertiary/aromatic N) is 2. The first-order valence-corrected chi connectivity index (χ1v) is 5.69. The van der Waals surface area contributed by atoms with Crippen LogP contribution in [0.1, 0.15) is 21.6 Å². The number of rotatable bonds is 2. The highest BCUT2D eigenvalue weighted by Crippen LogP contribution is 2.37. The van der Waals surface area contributed by atoms with Gasteiger partial charge in [0.1, 0.15) is 5.69 Å². The Morgan fingerprint density at radius 2 is 1.45 bits per heavy atom. The molecule has 0 saturated heterocycles. The quantitative estimate of drug-likeness (QED) is 0.620. The second-order valence-electron chi connectivity index (χ2n) is 4.22. The number of hydrogen-bond acceptors (Lipinski definition) is 3. The van der Waals surface area contributed by atoms with Crippen LogP contribution in [-0.4, -0.2) is 16.3 Å². The maximum Gasteiger partial charge on any atom is 0.416 e. The minimum atomic E-state index is -4.96. The summed E-state index contributed by atoms with van der Waals surface area (Å²) in [5.41, 5.74) is -3.59. The van der Waals surface area contributed by atoms with Crippen molar-refractivity contribution in [3.63, 3.8) is 0 Å². The average molecular weight is 320 g/mol. The van der Waals surface area contributed by atoms with Crippen LogP contribution in [0, 0.1) is 0 Å². The zero-order valence-corrected chi connectivity index (χ0v) is 10.5. The molecule has 1 aromatic carbocycles.